The number of carbonyl (C=O) groups excluding carboxylic acids is 3. The molecule has 4 aliphatic rings. The maximum Gasteiger partial charge on any atom is 0.302 e. The highest BCUT2D eigenvalue weighted by molar-refractivity contribution is 5.67. The molecule has 4 rings (SSSR count). The van der Waals surface area contributed by atoms with Gasteiger partial charge in [-0.25, -0.2) is 0 Å². The summed E-state index contributed by atoms with van der Waals surface area (Å²) in [5.74, 6) is 2.61. The fourth-order valence-corrected chi connectivity index (χ4v) is 9.70. The molecule has 3 fully saturated rings. The molecule has 220 valence electrons. The molecule has 0 amide bonds. The van der Waals surface area contributed by atoms with Gasteiger partial charge in [-0.3, -0.25) is 14.4 Å². The summed E-state index contributed by atoms with van der Waals surface area (Å²) in [6.07, 6.45) is 11.2. The monoisotopic (exact) mass is 544 g/mol. The standard InChI is InChI=1S/C33H52O6/c1-19(2)30(38-22(5)35)14-9-20(3)27-12-13-28-26-11-10-24-17-25(37-21(4)34)18-31(39-23(6)36)33(24,8)29(26)15-16-32(27,28)7/h10,19-20,25-31H,9,11-18H2,1-8H3/t20-,25-,26+,27-,28+,29+,30?,31+,32-,33+/m1/s1. The summed E-state index contributed by atoms with van der Waals surface area (Å²) in [5.41, 5.74) is 1.43. The first-order valence-corrected chi connectivity index (χ1v) is 15.5. The lowest BCUT2D eigenvalue weighted by Gasteiger charge is -2.60. The van der Waals surface area contributed by atoms with Crippen molar-refractivity contribution in [3.63, 3.8) is 0 Å². The van der Waals surface area contributed by atoms with Gasteiger partial charge in [0, 0.05) is 39.0 Å². The van der Waals surface area contributed by atoms with Crippen LogP contribution in [0.15, 0.2) is 11.6 Å². The second kappa shape index (κ2) is 11.6. The molecule has 0 spiro atoms. The third-order valence-corrected chi connectivity index (χ3v) is 11.5. The lowest BCUT2D eigenvalue weighted by atomic mass is 9.46. The second-order valence-corrected chi connectivity index (χ2v) is 14.1. The Labute approximate surface area is 236 Å². The van der Waals surface area contributed by atoms with Crippen LogP contribution in [-0.2, 0) is 28.6 Å². The molecule has 39 heavy (non-hydrogen) atoms. The molecule has 0 aromatic heterocycles. The van der Waals surface area contributed by atoms with Crippen molar-refractivity contribution in [2.45, 2.75) is 131 Å². The molecule has 3 saturated carbocycles. The number of fused-ring (bicyclic) bond motifs is 5. The van der Waals surface area contributed by atoms with Crippen molar-refractivity contribution in [1.29, 1.82) is 0 Å². The first kappa shape index (κ1) is 30.1. The van der Waals surface area contributed by atoms with E-state index in [1.165, 1.54) is 45.6 Å². The average Bonchev–Trinajstić information content (AvgIpc) is 3.18. The van der Waals surface area contributed by atoms with Gasteiger partial charge in [-0.1, -0.05) is 46.3 Å². The maximum absolute atomic E-state index is 12.2. The van der Waals surface area contributed by atoms with Gasteiger partial charge in [0.15, 0.2) is 0 Å². The summed E-state index contributed by atoms with van der Waals surface area (Å²) in [6, 6.07) is 0. The Bertz CT molecular complexity index is 969. The molecule has 0 saturated heterocycles. The summed E-state index contributed by atoms with van der Waals surface area (Å²) >= 11 is 0. The van der Waals surface area contributed by atoms with Crippen molar-refractivity contribution in [2.75, 3.05) is 0 Å². The lowest BCUT2D eigenvalue weighted by molar-refractivity contribution is -0.172. The molecule has 6 nitrogen and oxygen atoms in total. The molecule has 10 atom stereocenters. The van der Waals surface area contributed by atoms with E-state index in [2.05, 4.69) is 40.7 Å². The van der Waals surface area contributed by atoms with E-state index in [0.29, 0.717) is 47.3 Å². The molecular formula is C33H52O6. The van der Waals surface area contributed by atoms with Crippen LogP contribution in [0.4, 0.5) is 0 Å². The number of allylic oxidation sites excluding steroid dienone is 1. The second-order valence-electron chi connectivity index (χ2n) is 14.1. The molecule has 1 unspecified atom stereocenters. The largest absolute Gasteiger partial charge is 0.462 e. The van der Waals surface area contributed by atoms with Gasteiger partial charge in [0.1, 0.15) is 18.3 Å². The van der Waals surface area contributed by atoms with Crippen molar-refractivity contribution in [2.24, 2.45) is 46.3 Å². The Hall–Kier alpha value is -1.85. The molecule has 0 aliphatic heterocycles. The van der Waals surface area contributed by atoms with Crippen molar-refractivity contribution in [3.8, 4) is 0 Å². The number of rotatable bonds is 8. The number of ether oxygens (including phenoxy) is 3. The highest BCUT2D eigenvalue weighted by Crippen LogP contribution is 2.67. The van der Waals surface area contributed by atoms with E-state index < -0.39 is 0 Å². The fraction of sp³-hybridized carbons (Fsp3) is 0.848. The third-order valence-electron chi connectivity index (χ3n) is 11.5. The Balaban J connectivity index is 1.52. The summed E-state index contributed by atoms with van der Waals surface area (Å²) in [4.78, 5) is 35.6. The minimum absolute atomic E-state index is 0.00661. The van der Waals surface area contributed by atoms with Crippen LogP contribution in [0, 0.1) is 46.3 Å². The molecule has 0 radical (unpaired) electrons. The van der Waals surface area contributed by atoms with Gasteiger partial charge in [-0.2, -0.15) is 0 Å². The van der Waals surface area contributed by atoms with Gasteiger partial charge in [0.05, 0.1) is 0 Å². The van der Waals surface area contributed by atoms with Crippen LogP contribution in [-0.4, -0.2) is 36.2 Å². The van der Waals surface area contributed by atoms with E-state index in [0.717, 1.165) is 32.1 Å². The Morgan fingerprint density at radius 3 is 2.23 bits per heavy atom. The summed E-state index contributed by atoms with van der Waals surface area (Å²) in [5, 5.41) is 0. The predicted molar refractivity (Wildman–Crippen MR) is 150 cm³/mol. The van der Waals surface area contributed by atoms with E-state index in [1.807, 2.05) is 0 Å². The fourth-order valence-electron chi connectivity index (χ4n) is 9.70. The van der Waals surface area contributed by atoms with E-state index >= 15 is 0 Å². The summed E-state index contributed by atoms with van der Waals surface area (Å²) in [6.45, 7) is 16.0. The van der Waals surface area contributed by atoms with E-state index in [4.69, 9.17) is 14.2 Å². The average molecular weight is 545 g/mol. The van der Waals surface area contributed by atoms with E-state index in [9.17, 15) is 14.4 Å². The van der Waals surface area contributed by atoms with Crippen molar-refractivity contribution in [1.82, 2.24) is 0 Å². The van der Waals surface area contributed by atoms with Gasteiger partial charge in [-0.05, 0) is 85.9 Å². The van der Waals surface area contributed by atoms with Crippen LogP contribution in [0.25, 0.3) is 0 Å². The first-order chi connectivity index (χ1) is 18.3. The van der Waals surface area contributed by atoms with Crippen LogP contribution in [0.5, 0.6) is 0 Å². The van der Waals surface area contributed by atoms with Crippen LogP contribution < -0.4 is 0 Å². The molecule has 0 N–H and O–H groups in total. The van der Waals surface area contributed by atoms with Crippen molar-refractivity contribution < 1.29 is 28.6 Å². The predicted octanol–water partition coefficient (Wildman–Crippen LogP) is 7.04. The molecule has 0 aromatic carbocycles. The highest BCUT2D eigenvalue weighted by Gasteiger charge is 2.62. The van der Waals surface area contributed by atoms with Gasteiger partial charge in [-0.15, -0.1) is 0 Å². The van der Waals surface area contributed by atoms with Crippen LogP contribution in [0.2, 0.25) is 0 Å². The first-order valence-electron chi connectivity index (χ1n) is 15.5. The Morgan fingerprint density at radius 1 is 0.923 bits per heavy atom. The molecular weight excluding hydrogens is 492 g/mol. The number of hydrogen-bond donors (Lipinski definition) is 0. The Kier molecular flexibility index (Phi) is 8.93. The van der Waals surface area contributed by atoms with Crippen LogP contribution >= 0.6 is 0 Å². The lowest BCUT2D eigenvalue weighted by Crippen LogP contribution is -2.57. The molecule has 6 heteroatoms. The minimum atomic E-state index is -0.272. The summed E-state index contributed by atoms with van der Waals surface area (Å²) < 4.78 is 17.3. The number of carbonyl (C=O) groups is 3. The Morgan fingerprint density at radius 2 is 1.62 bits per heavy atom. The zero-order valence-electron chi connectivity index (χ0n) is 25.6. The molecule has 0 aromatic rings. The number of hydrogen-bond acceptors (Lipinski definition) is 6. The van der Waals surface area contributed by atoms with E-state index in [-0.39, 0.29) is 41.6 Å². The quantitative estimate of drug-likeness (QED) is 0.185. The van der Waals surface area contributed by atoms with Crippen molar-refractivity contribution in [3.05, 3.63) is 11.6 Å². The molecule has 4 aliphatic carbocycles. The molecule has 0 bridgehead atoms. The van der Waals surface area contributed by atoms with Crippen LogP contribution in [0.1, 0.15) is 113 Å². The van der Waals surface area contributed by atoms with Crippen molar-refractivity contribution >= 4 is 17.9 Å². The zero-order valence-corrected chi connectivity index (χ0v) is 25.6. The van der Waals surface area contributed by atoms with E-state index in [1.54, 1.807) is 0 Å². The minimum Gasteiger partial charge on any atom is -0.462 e. The zero-order chi connectivity index (χ0) is 28.7. The van der Waals surface area contributed by atoms with Crippen LogP contribution in [0.3, 0.4) is 0 Å². The maximum atomic E-state index is 12.2. The van der Waals surface area contributed by atoms with Gasteiger partial charge in [0.2, 0.25) is 0 Å². The van der Waals surface area contributed by atoms with Gasteiger partial charge in [0.25, 0.3) is 0 Å². The normalized spacial score (nSPS) is 38.9. The molecule has 0 heterocycles. The third kappa shape index (κ3) is 5.81. The topological polar surface area (TPSA) is 78.9 Å². The smallest absolute Gasteiger partial charge is 0.302 e. The summed E-state index contributed by atoms with van der Waals surface area (Å²) in [7, 11) is 0. The number of esters is 3. The SMILES string of the molecule is CC(=O)OC(CC[C@@H](C)[C@H]1CC[C@H]2[C@@H]3CC=C4C[C@@H](OC(C)=O)C[C@H](OC(C)=O)[C@]4(C)[C@H]3CC[C@]12C)C(C)C. The van der Waals surface area contributed by atoms with Gasteiger partial charge < -0.3 is 14.2 Å². The van der Waals surface area contributed by atoms with Gasteiger partial charge >= 0.3 is 17.9 Å². The highest BCUT2D eigenvalue weighted by atomic mass is 16.6.